The van der Waals surface area contributed by atoms with Crippen molar-refractivity contribution in [2.45, 2.75) is 12.3 Å². The molecule has 0 bridgehead atoms. The molecule has 0 aliphatic carbocycles. The Bertz CT molecular complexity index is 114. The Kier molecular flexibility index (Phi) is 3.11. The summed E-state index contributed by atoms with van der Waals surface area (Å²) in [7, 11) is 0. The predicted octanol–water partition coefficient (Wildman–Crippen LogP) is 0.971. The lowest BCUT2D eigenvalue weighted by Gasteiger charge is -2.11. The molecule has 0 amide bonds. The van der Waals surface area contributed by atoms with Gasteiger partial charge in [0.15, 0.2) is 6.61 Å². The molecule has 0 aliphatic heterocycles. The zero-order valence-electron chi connectivity index (χ0n) is 4.61. The van der Waals surface area contributed by atoms with Crippen molar-refractivity contribution in [2.75, 3.05) is 6.61 Å². The average molecular weight is 159 g/mol. The number of hydrogen-bond acceptors (Lipinski definition) is 2. The Morgan fingerprint density at radius 3 is 2.30 bits per heavy atom. The molecule has 0 saturated carbocycles. The second-order valence-corrected chi connectivity index (χ2v) is 1.43. The van der Waals surface area contributed by atoms with Crippen LogP contribution in [0.15, 0.2) is 0 Å². The normalized spacial score (nSPS) is 11.7. The Hall–Kier alpha value is -0.810. The SMILES string of the molecule is O=[C]OCC(F)(F)C(F)F. The second kappa shape index (κ2) is 3.38. The molecule has 0 aromatic rings. The summed E-state index contributed by atoms with van der Waals surface area (Å²) in [6.07, 6.45) is -3.82. The smallest absolute Gasteiger partial charge is 0.417 e. The van der Waals surface area contributed by atoms with Crippen LogP contribution in [0.3, 0.4) is 0 Å². The molecule has 0 aromatic carbocycles. The summed E-state index contributed by atoms with van der Waals surface area (Å²) < 4.78 is 49.0. The lowest BCUT2D eigenvalue weighted by Crippen LogP contribution is -2.32. The Balaban J connectivity index is 3.74. The number of rotatable bonds is 4. The molecule has 0 aromatic heterocycles. The molecular formula is C4H3F4O2. The quantitative estimate of drug-likeness (QED) is 0.571. The minimum Gasteiger partial charge on any atom is -0.451 e. The number of alkyl halides is 4. The second-order valence-electron chi connectivity index (χ2n) is 1.43. The van der Waals surface area contributed by atoms with E-state index in [2.05, 4.69) is 4.74 Å². The first-order valence-corrected chi connectivity index (χ1v) is 2.15. The Labute approximate surface area is 53.8 Å². The third kappa shape index (κ3) is 2.65. The van der Waals surface area contributed by atoms with E-state index >= 15 is 0 Å². The van der Waals surface area contributed by atoms with E-state index in [0.29, 0.717) is 6.47 Å². The zero-order valence-corrected chi connectivity index (χ0v) is 4.61. The number of halogens is 4. The molecule has 59 valence electrons. The summed E-state index contributed by atoms with van der Waals surface area (Å²) in [6.45, 7) is -1.02. The van der Waals surface area contributed by atoms with Crippen LogP contribution < -0.4 is 0 Å². The topological polar surface area (TPSA) is 26.3 Å². The van der Waals surface area contributed by atoms with E-state index in [1.165, 1.54) is 0 Å². The molecule has 0 N–H and O–H groups in total. The fourth-order valence-corrected chi connectivity index (χ4v) is 0.189. The maximum atomic E-state index is 11.7. The van der Waals surface area contributed by atoms with Crippen molar-refractivity contribution in [3.63, 3.8) is 0 Å². The highest BCUT2D eigenvalue weighted by atomic mass is 19.3. The third-order valence-corrected chi connectivity index (χ3v) is 0.643. The first kappa shape index (κ1) is 9.19. The van der Waals surface area contributed by atoms with Crippen molar-refractivity contribution < 1.29 is 27.1 Å². The first-order valence-electron chi connectivity index (χ1n) is 2.15. The molecule has 1 radical (unpaired) electrons. The van der Waals surface area contributed by atoms with E-state index < -0.39 is 19.0 Å². The van der Waals surface area contributed by atoms with Crippen LogP contribution in [-0.2, 0) is 9.53 Å². The van der Waals surface area contributed by atoms with Gasteiger partial charge in [0.2, 0.25) is 0 Å². The van der Waals surface area contributed by atoms with E-state index in [-0.39, 0.29) is 0 Å². The maximum absolute atomic E-state index is 11.7. The van der Waals surface area contributed by atoms with Gasteiger partial charge in [-0.3, -0.25) is 0 Å². The monoisotopic (exact) mass is 159 g/mol. The van der Waals surface area contributed by atoms with Crippen LogP contribution >= 0.6 is 0 Å². The van der Waals surface area contributed by atoms with Gasteiger partial charge in [0.1, 0.15) is 0 Å². The van der Waals surface area contributed by atoms with Crippen molar-refractivity contribution in [2.24, 2.45) is 0 Å². The standard InChI is InChI=1S/C4H3F4O2/c5-3(6)4(7,8)1-10-2-9/h3H,1H2. The number of hydrogen-bond donors (Lipinski definition) is 0. The number of carbonyl (C=O) groups excluding carboxylic acids is 1. The van der Waals surface area contributed by atoms with E-state index in [9.17, 15) is 17.6 Å². The molecule has 0 spiro atoms. The molecule has 0 atom stereocenters. The molecule has 10 heavy (non-hydrogen) atoms. The molecule has 0 unspecified atom stereocenters. The van der Waals surface area contributed by atoms with Gasteiger partial charge in [-0.1, -0.05) is 0 Å². The summed E-state index contributed by atoms with van der Waals surface area (Å²) >= 11 is 0. The molecule has 6 heteroatoms. The Morgan fingerprint density at radius 2 is 2.00 bits per heavy atom. The summed E-state index contributed by atoms with van der Waals surface area (Å²) in [5.41, 5.74) is 0. The van der Waals surface area contributed by atoms with Crippen molar-refractivity contribution in [3.8, 4) is 0 Å². The lowest BCUT2D eigenvalue weighted by atomic mass is 10.4. The van der Waals surface area contributed by atoms with Crippen LogP contribution in [0.1, 0.15) is 0 Å². The summed E-state index contributed by atoms with van der Waals surface area (Å²) in [5, 5.41) is 0. The van der Waals surface area contributed by atoms with Crippen molar-refractivity contribution in [1.29, 1.82) is 0 Å². The van der Waals surface area contributed by atoms with Gasteiger partial charge in [-0.25, -0.2) is 13.6 Å². The molecule has 0 fully saturated rings. The lowest BCUT2D eigenvalue weighted by molar-refractivity contribution is -0.150. The number of ether oxygens (including phenoxy) is 1. The molecule has 0 saturated heterocycles. The minimum atomic E-state index is -4.27. The molecule has 0 heterocycles. The van der Waals surface area contributed by atoms with Crippen LogP contribution in [0.25, 0.3) is 0 Å². The van der Waals surface area contributed by atoms with Crippen LogP contribution in [0.2, 0.25) is 0 Å². The highest BCUT2D eigenvalue weighted by Gasteiger charge is 2.41. The first-order chi connectivity index (χ1) is 4.50. The van der Waals surface area contributed by atoms with Crippen LogP contribution in [0, 0.1) is 0 Å². The van der Waals surface area contributed by atoms with E-state index in [1.807, 2.05) is 0 Å². The van der Waals surface area contributed by atoms with Crippen LogP contribution in [-0.4, -0.2) is 25.4 Å². The molecule has 2 nitrogen and oxygen atoms in total. The minimum absolute atomic E-state index is 0.615. The summed E-state index contributed by atoms with van der Waals surface area (Å²) in [4.78, 5) is 9.15. The van der Waals surface area contributed by atoms with Crippen LogP contribution in [0.5, 0.6) is 0 Å². The highest BCUT2D eigenvalue weighted by Crippen LogP contribution is 2.22. The largest absolute Gasteiger partial charge is 0.451 e. The van der Waals surface area contributed by atoms with Gasteiger partial charge in [-0.05, 0) is 0 Å². The van der Waals surface area contributed by atoms with Gasteiger partial charge < -0.3 is 4.74 Å². The van der Waals surface area contributed by atoms with Gasteiger partial charge in [0, 0.05) is 0 Å². The van der Waals surface area contributed by atoms with Gasteiger partial charge >= 0.3 is 18.8 Å². The van der Waals surface area contributed by atoms with Crippen molar-refractivity contribution in [1.82, 2.24) is 0 Å². The summed E-state index contributed by atoms with van der Waals surface area (Å²) in [5.74, 6) is -4.27. The van der Waals surface area contributed by atoms with E-state index in [1.54, 1.807) is 0 Å². The fraction of sp³-hybridized carbons (Fsp3) is 0.750. The summed E-state index contributed by atoms with van der Waals surface area (Å²) in [6, 6.07) is 0. The Morgan fingerprint density at radius 1 is 1.50 bits per heavy atom. The average Bonchev–Trinajstić information content (AvgIpc) is 1.84. The molecule has 0 aliphatic rings. The van der Waals surface area contributed by atoms with E-state index in [4.69, 9.17) is 4.79 Å². The van der Waals surface area contributed by atoms with Gasteiger partial charge in [-0.2, -0.15) is 8.78 Å². The van der Waals surface area contributed by atoms with Crippen molar-refractivity contribution >= 4 is 6.47 Å². The van der Waals surface area contributed by atoms with Gasteiger partial charge in [-0.15, -0.1) is 0 Å². The predicted molar refractivity (Wildman–Crippen MR) is 22.6 cm³/mol. The third-order valence-electron chi connectivity index (χ3n) is 0.643. The van der Waals surface area contributed by atoms with Crippen molar-refractivity contribution in [3.05, 3.63) is 0 Å². The van der Waals surface area contributed by atoms with Gasteiger partial charge in [0.05, 0.1) is 0 Å². The molecule has 0 rings (SSSR count). The zero-order chi connectivity index (χ0) is 8.20. The van der Waals surface area contributed by atoms with E-state index in [0.717, 1.165) is 0 Å². The van der Waals surface area contributed by atoms with Crippen LogP contribution in [0.4, 0.5) is 17.6 Å². The molecular weight excluding hydrogens is 156 g/mol. The highest BCUT2D eigenvalue weighted by molar-refractivity contribution is 5.38. The fourth-order valence-electron chi connectivity index (χ4n) is 0.189. The maximum Gasteiger partial charge on any atom is 0.417 e. The van der Waals surface area contributed by atoms with Gasteiger partial charge in [0.25, 0.3) is 0 Å².